The fourth-order valence-electron chi connectivity index (χ4n) is 3.59. The molecule has 1 fully saturated rings. The van der Waals surface area contributed by atoms with Gasteiger partial charge in [-0.15, -0.1) is 0 Å². The third kappa shape index (κ3) is 4.85. The molecule has 0 radical (unpaired) electrons. The minimum Gasteiger partial charge on any atom is -0.507 e. The molecular weight excluding hydrogens is 324 g/mol. The Kier molecular flexibility index (Phi) is 6.29. The van der Waals surface area contributed by atoms with E-state index in [1.165, 1.54) is 12.0 Å². The van der Waals surface area contributed by atoms with Crippen LogP contribution >= 0.6 is 0 Å². The molecule has 1 saturated heterocycles. The maximum absolute atomic E-state index is 12.7. The zero-order valence-corrected chi connectivity index (χ0v) is 15.4. The lowest BCUT2D eigenvalue weighted by Gasteiger charge is -2.32. The van der Waals surface area contributed by atoms with Crippen LogP contribution in [0.1, 0.15) is 47.7 Å². The molecule has 0 bridgehead atoms. The van der Waals surface area contributed by atoms with Gasteiger partial charge in [-0.3, -0.25) is 4.79 Å². The Labute approximate surface area is 155 Å². The van der Waals surface area contributed by atoms with Crippen LogP contribution in [0.3, 0.4) is 0 Å². The number of hydrogen-bond acceptors (Lipinski definition) is 3. The molecule has 4 heteroatoms. The van der Waals surface area contributed by atoms with Gasteiger partial charge in [-0.05, 0) is 55.5 Å². The van der Waals surface area contributed by atoms with Crippen LogP contribution in [0.5, 0.6) is 5.75 Å². The fraction of sp³-hybridized carbons (Fsp3) is 0.409. The number of aromatic hydroxyl groups is 1. The molecule has 0 spiro atoms. The Hall–Kier alpha value is -2.33. The van der Waals surface area contributed by atoms with Crippen molar-refractivity contribution in [3.63, 3.8) is 0 Å². The van der Waals surface area contributed by atoms with Gasteiger partial charge in [-0.25, -0.2) is 0 Å². The molecule has 1 amide bonds. The topological polar surface area (TPSA) is 52.6 Å². The Morgan fingerprint density at radius 1 is 1.12 bits per heavy atom. The monoisotopic (exact) mass is 352 g/mol. The standard InChI is InChI=1S/C22H28N2O2/c1-2-12-24-13-10-19(11-14-24)23-22(26)20-16-18(8-9-21(20)25)15-17-6-4-3-5-7-17/h3-9,16,19,25H,2,10-15H2,1H3,(H,23,26). The summed E-state index contributed by atoms with van der Waals surface area (Å²) in [6, 6.07) is 15.6. The predicted molar refractivity (Wildman–Crippen MR) is 105 cm³/mol. The van der Waals surface area contributed by atoms with Crippen LogP contribution in [0.2, 0.25) is 0 Å². The number of nitrogens with zero attached hydrogens (tertiary/aromatic N) is 1. The van der Waals surface area contributed by atoms with E-state index in [0.717, 1.165) is 44.5 Å². The number of likely N-dealkylation sites (tertiary alicyclic amines) is 1. The third-order valence-electron chi connectivity index (χ3n) is 5.02. The van der Waals surface area contributed by atoms with Crippen LogP contribution in [0.15, 0.2) is 48.5 Å². The number of phenols is 1. The lowest BCUT2D eigenvalue weighted by Crippen LogP contribution is -2.44. The Balaban J connectivity index is 1.63. The number of amides is 1. The highest BCUT2D eigenvalue weighted by Crippen LogP contribution is 2.21. The Morgan fingerprint density at radius 2 is 1.85 bits per heavy atom. The van der Waals surface area contributed by atoms with Crippen LogP contribution in [0.25, 0.3) is 0 Å². The highest BCUT2D eigenvalue weighted by Gasteiger charge is 2.22. The molecule has 0 aromatic heterocycles. The molecule has 0 unspecified atom stereocenters. The molecule has 0 saturated carbocycles. The summed E-state index contributed by atoms with van der Waals surface area (Å²) in [6.07, 6.45) is 3.85. The Morgan fingerprint density at radius 3 is 2.54 bits per heavy atom. The summed E-state index contributed by atoms with van der Waals surface area (Å²) in [7, 11) is 0. The highest BCUT2D eigenvalue weighted by molar-refractivity contribution is 5.97. The van der Waals surface area contributed by atoms with Crippen molar-refractivity contribution in [2.24, 2.45) is 0 Å². The Bertz CT molecular complexity index is 722. The number of rotatable bonds is 6. The van der Waals surface area contributed by atoms with Gasteiger partial charge in [0.25, 0.3) is 5.91 Å². The number of nitrogens with one attached hydrogen (secondary N) is 1. The quantitative estimate of drug-likeness (QED) is 0.835. The van der Waals surface area contributed by atoms with E-state index < -0.39 is 0 Å². The van der Waals surface area contributed by atoms with E-state index in [0.29, 0.717) is 5.56 Å². The fourth-order valence-corrected chi connectivity index (χ4v) is 3.59. The van der Waals surface area contributed by atoms with Crippen LogP contribution < -0.4 is 5.32 Å². The van der Waals surface area contributed by atoms with Crippen LogP contribution in [0.4, 0.5) is 0 Å². The molecular formula is C22H28N2O2. The normalized spacial score (nSPS) is 15.7. The minimum absolute atomic E-state index is 0.0442. The first-order valence-corrected chi connectivity index (χ1v) is 9.54. The summed E-state index contributed by atoms with van der Waals surface area (Å²) in [6.45, 7) is 5.37. The van der Waals surface area contributed by atoms with E-state index in [2.05, 4.69) is 29.3 Å². The lowest BCUT2D eigenvalue weighted by molar-refractivity contribution is 0.0908. The SMILES string of the molecule is CCCN1CCC(NC(=O)c2cc(Cc3ccccc3)ccc2O)CC1. The maximum Gasteiger partial charge on any atom is 0.255 e. The third-order valence-corrected chi connectivity index (χ3v) is 5.02. The van der Waals surface area contributed by atoms with E-state index >= 15 is 0 Å². The zero-order chi connectivity index (χ0) is 18.4. The molecule has 26 heavy (non-hydrogen) atoms. The molecule has 138 valence electrons. The molecule has 1 heterocycles. The lowest BCUT2D eigenvalue weighted by atomic mass is 10.0. The van der Waals surface area contributed by atoms with Gasteiger partial charge in [0.05, 0.1) is 5.56 Å². The van der Waals surface area contributed by atoms with Gasteiger partial charge >= 0.3 is 0 Å². The summed E-state index contributed by atoms with van der Waals surface area (Å²) < 4.78 is 0. The van der Waals surface area contributed by atoms with Gasteiger partial charge in [0.1, 0.15) is 5.75 Å². The zero-order valence-electron chi connectivity index (χ0n) is 15.4. The number of phenolic OH excluding ortho intramolecular Hbond substituents is 1. The first kappa shape index (κ1) is 18.5. The highest BCUT2D eigenvalue weighted by atomic mass is 16.3. The van der Waals surface area contributed by atoms with Crippen LogP contribution in [0, 0.1) is 0 Å². The van der Waals surface area contributed by atoms with Gasteiger partial charge < -0.3 is 15.3 Å². The number of carbonyl (C=O) groups is 1. The van der Waals surface area contributed by atoms with Gasteiger partial charge in [0, 0.05) is 19.1 Å². The molecule has 1 aliphatic rings. The summed E-state index contributed by atoms with van der Waals surface area (Å²) in [5.41, 5.74) is 2.58. The molecule has 0 aliphatic carbocycles. The van der Waals surface area contributed by atoms with Crippen molar-refractivity contribution in [3.05, 3.63) is 65.2 Å². The molecule has 3 rings (SSSR count). The molecule has 2 aromatic rings. The van der Waals surface area contributed by atoms with E-state index in [9.17, 15) is 9.90 Å². The van der Waals surface area contributed by atoms with Crippen molar-refractivity contribution in [2.75, 3.05) is 19.6 Å². The molecule has 4 nitrogen and oxygen atoms in total. The number of carbonyl (C=O) groups excluding carboxylic acids is 1. The number of hydrogen-bond donors (Lipinski definition) is 2. The summed E-state index contributed by atoms with van der Waals surface area (Å²) >= 11 is 0. The molecule has 0 atom stereocenters. The second-order valence-corrected chi connectivity index (χ2v) is 7.10. The molecule has 1 aliphatic heterocycles. The van der Waals surface area contributed by atoms with Gasteiger partial charge in [0.2, 0.25) is 0 Å². The van der Waals surface area contributed by atoms with Gasteiger partial charge in [0.15, 0.2) is 0 Å². The second kappa shape index (κ2) is 8.86. The van der Waals surface area contributed by atoms with Crippen molar-refractivity contribution >= 4 is 5.91 Å². The van der Waals surface area contributed by atoms with E-state index in [4.69, 9.17) is 0 Å². The minimum atomic E-state index is -0.175. The van der Waals surface area contributed by atoms with Crippen LogP contribution in [-0.4, -0.2) is 41.6 Å². The summed E-state index contributed by atoms with van der Waals surface area (Å²) in [5.74, 6) is -0.130. The largest absolute Gasteiger partial charge is 0.507 e. The summed E-state index contributed by atoms with van der Waals surface area (Å²) in [5, 5.41) is 13.2. The summed E-state index contributed by atoms with van der Waals surface area (Å²) in [4.78, 5) is 15.1. The molecule has 2 aromatic carbocycles. The van der Waals surface area contributed by atoms with E-state index in [1.54, 1.807) is 6.07 Å². The van der Waals surface area contributed by atoms with Crippen molar-refractivity contribution in [3.8, 4) is 5.75 Å². The van der Waals surface area contributed by atoms with Gasteiger partial charge in [-0.2, -0.15) is 0 Å². The number of benzene rings is 2. The van der Waals surface area contributed by atoms with E-state index in [-0.39, 0.29) is 17.7 Å². The van der Waals surface area contributed by atoms with Crippen molar-refractivity contribution in [1.29, 1.82) is 0 Å². The average molecular weight is 352 g/mol. The average Bonchev–Trinajstić information content (AvgIpc) is 2.66. The van der Waals surface area contributed by atoms with Gasteiger partial charge in [-0.1, -0.05) is 43.3 Å². The predicted octanol–water partition coefficient (Wildman–Crippen LogP) is 3.59. The second-order valence-electron chi connectivity index (χ2n) is 7.10. The van der Waals surface area contributed by atoms with E-state index in [1.807, 2.05) is 30.3 Å². The van der Waals surface area contributed by atoms with Crippen LogP contribution in [-0.2, 0) is 6.42 Å². The maximum atomic E-state index is 12.7. The first-order valence-electron chi connectivity index (χ1n) is 9.54. The molecule has 2 N–H and O–H groups in total. The first-order chi connectivity index (χ1) is 12.7. The number of piperidine rings is 1. The van der Waals surface area contributed by atoms with Crippen molar-refractivity contribution in [2.45, 2.75) is 38.6 Å². The smallest absolute Gasteiger partial charge is 0.255 e. The van der Waals surface area contributed by atoms with Crippen molar-refractivity contribution in [1.82, 2.24) is 10.2 Å². The van der Waals surface area contributed by atoms with Crippen molar-refractivity contribution < 1.29 is 9.90 Å².